The molecule has 13 heavy (non-hydrogen) atoms. The number of nitrogens with two attached hydrogens (primary N) is 1. The van der Waals surface area contributed by atoms with Crippen molar-refractivity contribution >= 4 is 5.82 Å². The Bertz CT molecular complexity index is 308. The number of hydrogen-bond acceptors (Lipinski definition) is 3. The lowest BCUT2D eigenvalue weighted by Gasteiger charge is -2.04. The summed E-state index contributed by atoms with van der Waals surface area (Å²) < 4.78 is 5.21. The molecule has 0 radical (unpaired) electrons. The largest absolute Gasteiger partial charge is 0.381 e. The van der Waals surface area contributed by atoms with Gasteiger partial charge in [-0.25, -0.2) is 0 Å². The third-order valence-electron chi connectivity index (χ3n) is 3.53. The Hall–Kier alpha value is -0.990. The molecule has 1 aromatic rings. The molecular formula is C10H14N2O. The van der Waals surface area contributed by atoms with Gasteiger partial charge in [0, 0.05) is 12.0 Å². The minimum atomic E-state index is 0.527. The highest BCUT2D eigenvalue weighted by molar-refractivity contribution is 5.31. The maximum Gasteiger partial charge on any atom is 0.167 e. The molecule has 2 atom stereocenters. The number of nitrogens with zero attached hydrogens (tertiary/aromatic N) is 1. The van der Waals surface area contributed by atoms with E-state index in [0.717, 1.165) is 17.6 Å². The molecule has 2 unspecified atom stereocenters. The molecule has 70 valence electrons. The fraction of sp³-hybridized carbons (Fsp3) is 0.700. The highest BCUT2D eigenvalue weighted by Crippen LogP contribution is 2.61. The van der Waals surface area contributed by atoms with Crippen LogP contribution in [0.3, 0.4) is 0 Å². The molecule has 3 rings (SSSR count). The highest BCUT2D eigenvalue weighted by atomic mass is 16.5. The summed E-state index contributed by atoms with van der Waals surface area (Å²) in [7, 11) is 0. The van der Waals surface area contributed by atoms with Crippen molar-refractivity contribution in [2.45, 2.75) is 31.6 Å². The third kappa shape index (κ3) is 1.06. The second kappa shape index (κ2) is 2.50. The summed E-state index contributed by atoms with van der Waals surface area (Å²) in [5.41, 5.74) is 5.53. The van der Waals surface area contributed by atoms with E-state index < -0.39 is 0 Å². The Morgan fingerprint density at radius 1 is 1.31 bits per heavy atom. The minimum absolute atomic E-state index is 0.527. The summed E-state index contributed by atoms with van der Waals surface area (Å²) in [6.07, 6.45) is 5.52. The molecule has 0 amide bonds. The van der Waals surface area contributed by atoms with Crippen molar-refractivity contribution in [2.75, 3.05) is 5.73 Å². The summed E-state index contributed by atoms with van der Waals surface area (Å²) >= 11 is 0. The predicted octanol–water partition coefficient (Wildman–Crippen LogP) is 2.16. The number of hydrogen-bond donors (Lipinski definition) is 1. The van der Waals surface area contributed by atoms with Gasteiger partial charge in [-0.2, -0.15) is 0 Å². The SMILES string of the molecule is Nc1cc(C2C3CCCCC32)on1. The molecule has 2 aliphatic rings. The first-order chi connectivity index (χ1) is 6.36. The Morgan fingerprint density at radius 3 is 2.54 bits per heavy atom. The molecule has 2 fully saturated rings. The van der Waals surface area contributed by atoms with Crippen LogP contribution >= 0.6 is 0 Å². The van der Waals surface area contributed by atoms with Crippen molar-refractivity contribution in [1.82, 2.24) is 5.16 Å². The highest BCUT2D eigenvalue weighted by Gasteiger charge is 2.53. The molecule has 2 N–H and O–H groups in total. The zero-order chi connectivity index (χ0) is 8.84. The molecule has 0 saturated heterocycles. The van der Waals surface area contributed by atoms with E-state index in [9.17, 15) is 0 Å². The second-order valence-corrected chi connectivity index (χ2v) is 4.29. The molecule has 0 aromatic carbocycles. The standard InChI is InChI=1S/C10H14N2O/c11-9-5-8(13-12-9)10-6-3-1-2-4-7(6)10/h5-7,10H,1-4H2,(H2,11,12). The Kier molecular flexibility index (Phi) is 1.43. The van der Waals surface area contributed by atoms with Crippen LogP contribution in [0, 0.1) is 11.8 Å². The van der Waals surface area contributed by atoms with Gasteiger partial charge in [0.15, 0.2) is 5.82 Å². The van der Waals surface area contributed by atoms with Crippen molar-refractivity contribution in [2.24, 2.45) is 11.8 Å². The third-order valence-corrected chi connectivity index (χ3v) is 3.53. The van der Waals surface area contributed by atoms with Crippen molar-refractivity contribution in [1.29, 1.82) is 0 Å². The zero-order valence-corrected chi connectivity index (χ0v) is 7.57. The first kappa shape index (κ1) is 7.42. The van der Waals surface area contributed by atoms with E-state index >= 15 is 0 Å². The van der Waals surface area contributed by atoms with Crippen LogP contribution in [-0.4, -0.2) is 5.16 Å². The van der Waals surface area contributed by atoms with Gasteiger partial charge in [0.05, 0.1) is 0 Å². The van der Waals surface area contributed by atoms with Crippen molar-refractivity contribution in [3.63, 3.8) is 0 Å². The second-order valence-electron chi connectivity index (χ2n) is 4.29. The summed E-state index contributed by atoms with van der Waals surface area (Å²) in [4.78, 5) is 0. The van der Waals surface area contributed by atoms with Gasteiger partial charge in [-0.15, -0.1) is 0 Å². The first-order valence-electron chi connectivity index (χ1n) is 5.08. The van der Waals surface area contributed by atoms with Gasteiger partial charge in [-0.3, -0.25) is 0 Å². The van der Waals surface area contributed by atoms with Crippen LogP contribution in [0.2, 0.25) is 0 Å². The minimum Gasteiger partial charge on any atom is -0.381 e. The molecule has 2 saturated carbocycles. The van der Waals surface area contributed by atoms with E-state index in [4.69, 9.17) is 10.3 Å². The fourth-order valence-electron chi connectivity index (χ4n) is 2.88. The smallest absolute Gasteiger partial charge is 0.167 e. The molecular weight excluding hydrogens is 164 g/mol. The van der Waals surface area contributed by atoms with Crippen LogP contribution in [0.25, 0.3) is 0 Å². The topological polar surface area (TPSA) is 52.0 Å². The van der Waals surface area contributed by atoms with E-state index in [2.05, 4.69) is 5.16 Å². The monoisotopic (exact) mass is 178 g/mol. The van der Waals surface area contributed by atoms with E-state index in [0.29, 0.717) is 11.7 Å². The maximum atomic E-state index is 5.53. The number of nitrogen functional groups attached to an aromatic ring is 1. The average Bonchev–Trinajstić information content (AvgIpc) is 2.73. The number of anilines is 1. The van der Waals surface area contributed by atoms with Crippen molar-refractivity contribution in [3.05, 3.63) is 11.8 Å². The van der Waals surface area contributed by atoms with E-state index in [1.807, 2.05) is 6.07 Å². The van der Waals surface area contributed by atoms with Gasteiger partial charge in [0.1, 0.15) is 5.76 Å². The number of rotatable bonds is 1. The lowest BCUT2D eigenvalue weighted by molar-refractivity contribution is 0.381. The Balaban J connectivity index is 1.81. The fourth-order valence-corrected chi connectivity index (χ4v) is 2.88. The summed E-state index contributed by atoms with van der Waals surface area (Å²) in [6.45, 7) is 0. The van der Waals surface area contributed by atoms with Crippen LogP contribution in [0.15, 0.2) is 10.6 Å². The van der Waals surface area contributed by atoms with Crippen LogP contribution in [-0.2, 0) is 0 Å². The molecule has 2 aliphatic carbocycles. The molecule has 1 aromatic heterocycles. The molecule has 1 heterocycles. The van der Waals surface area contributed by atoms with E-state index in [-0.39, 0.29) is 0 Å². The van der Waals surface area contributed by atoms with Crippen LogP contribution in [0.1, 0.15) is 37.4 Å². The van der Waals surface area contributed by atoms with Gasteiger partial charge >= 0.3 is 0 Å². The molecule has 0 aliphatic heterocycles. The van der Waals surface area contributed by atoms with Gasteiger partial charge in [0.25, 0.3) is 0 Å². The van der Waals surface area contributed by atoms with Gasteiger partial charge < -0.3 is 10.3 Å². The van der Waals surface area contributed by atoms with Gasteiger partial charge in [-0.1, -0.05) is 18.0 Å². The van der Waals surface area contributed by atoms with E-state index in [1.165, 1.54) is 25.7 Å². The predicted molar refractivity (Wildman–Crippen MR) is 49.1 cm³/mol. The summed E-state index contributed by atoms with van der Waals surface area (Å²) in [5.74, 6) is 3.95. The first-order valence-corrected chi connectivity index (χ1v) is 5.08. The number of fused-ring (bicyclic) bond motifs is 1. The molecule has 0 spiro atoms. The van der Waals surface area contributed by atoms with Crippen LogP contribution in [0.5, 0.6) is 0 Å². The quantitative estimate of drug-likeness (QED) is 0.717. The zero-order valence-electron chi connectivity index (χ0n) is 7.57. The average molecular weight is 178 g/mol. The van der Waals surface area contributed by atoms with Gasteiger partial charge in [0.2, 0.25) is 0 Å². The Labute approximate surface area is 77.3 Å². The lowest BCUT2D eigenvalue weighted by Crippen LogP contribution is -1.91. The number of aromatic nitrogens is 1. The molecule has 3 heteroatoms. The van der Waals surface area contributed by atoms with E-state index in [1.54, 1.807) is 0 Å². The summed E-state index contributed by atoms with van der Waals surface area (Å²) in [5, 5.41) is 3.74. The van der Waals surface area contributed by atoms with Crippen molar-refractivity contribution < 1.29 is 4.52 Å². The van der Waals surface area contributed by atoms with Crippen LogP contribution < -0.4 is 5.73 Å². The maximum absolute atomic E-state index is 5.53. The van der Waals surface area contributed by atoms with Gasteiger partial charge in [-0.05, 0) is 24.7 Å². The Morgan fingerprint density at radius 2 is 2.00 bits per heavy atom. The van der Waals surface area contributed by atoms with Crippen LogP contribution in [0.4, 0.5) is 5.82 Å². The van der Waals surface area contributed by atoms with Crippen molar-refractivity contribution in [3.8, 4) is 0 Å². The molecule has 0 bridgehead atoms. The summed E-state index contributed by atoms with van der Waals surface area (Å²) in [6, 6.07) is 1.89. The normalized spacial score (nSPS) is 37.1. The molecule has 3 nitrogen and oxygen atoms in total. The lowest BCUT2D eigenvalue weighted by atomic mass is 10.0.